The van der Waals surface area contributed by atoms with E-state index >= 15 is 0 Å². The van der Waals surface area contributed by atoms with Gasteiger partial charge in [-0.15, -0.1) is 0 Å². The van der Waals surface area contributed by atoms with Gasteiger partial charge in [-0.2, -0.15) is 0 Å². The van der Waals surface area contributed by atoms with Crippen molar-refractivity contribution in [2.45, 2.75) is 57.7 Å². The minimum atomic E-state index is -1.82. The molecular weight excluding hydrogens is 354 g/mol. The maximum absolute atomic E-state index is 11.0. The molecule has 2 fully saturated rings. The number of fused-ring (bicyclic) bond motifs is 1. The first-order chi connectivity index (χ1) is 12.5. The van der Waals surface area contributed by atoms with Gasteiger partial charge in [-0.1, -0.05) is 13.8 Å². The van der Waals surface area contributed by atoms with Gasteiger partial charge >= 0.3 is 11.9 Å². The quantitative estimate of drug-likeness (QED) is 0.443. The maximum atomic E-state index is 11.0. The number of aliphatic hydroxyl groups is 1. The van der Waals surface area contributed by atoms with Crippen LogP contribution in [0.4, 0.5) is 0 Å². The van der Waals surface area contributed by atoms with Gasteiger partial charge in [-0.3, -0.25) is 0 Å². The Morgan fingerprint density at radius 2 is 1.70 bits per heavy atom. The number of aliphatic carboxylic acids is 2. The molecule has 0 bridgehead atoms. The van der Waals surface area contributed by atoms with Crippen LogP contribution >= 0.6 is 0 Å². The number of ether oxygens (including phenoxy) is 2. The van der Waals surface area contributed by atoms with Crippen molar-refractivity contribution in [1.82, 2.24) is 4.90 Å². The van der Waals surface area contributed by atoms with E-state index in [0.717, 1.165) is 45.3 Å². The fourth-order valence-electron chi connectivity index (χ4n) is 4.04. The lowest BCUT2D eigenvalue weighted by Crippen LogP contribution is -2.51. The molecule has 2 aliphatic carbocycles. The number of hydrogen-bond donors (Lipinski definition) is 3. The Labute approximate surface area is 161 Å². The summed E-state index contributed by atoms with van der Waals surface area (Å²) >= 11 is 0. The number of carboxylic acid groups (broad SMARTS) is 2. The zero-order valence-electron chi connectivity index (χ0n) is 16.9. The first-order valence-electron chi connectivity index (χ1n) is 9.54. The molecule has 4 atom stereocenters. The average molecular weight is 389 g/mol. The Hall–Kier alpha value is -1.22. The molecule has 0 aromatic heterocycles. The van der Waals surface area contributed by atoms with Gasteiger partial charge < -0.3 is 29.7 Å². The predicted molar refractivity (Wildman–Crippen MR) is 99.7 cm³/mol. The second-order valence-electron chi connectivity index (χ2n) is 8.15. The van der Waals surface area contributed by atoms with Gasteiger partial charge in [0.15, 0.2) is 0 Å². The number of rotatable bonds is 7. The molecule has 27 heavy (non-hydrogen) atoms. The molecule has 0 amide bonds. The molecule has 158 valence electrons. The third-order valence-electron chi connectivity index (χ3n) is 6.14. The maximum Gasteiger partial charge on any atom is 0.414 e. The molecule has 0 saturated heterocycles. The number of hydrogen-bond acceptors (Lipinski definition) is 6. The topological polar surface area (TPSA) is 117 Å². The van der Waals surface area contributed by atoms with Crippen LogP contribution in [0, 0.1) is 11.3 Å². The molecular formula is C19H35NO7. The largest absolute Gasteiger partial charge is 0.473 e. The van der Waals surface area contributed by atoms with Gasteiger partial charge in [0, 0.05) is 13.0 Å². The molecule has 0 spiro atoms. The SMILES string of the molecule is CC1CCC2(O)CC(OCCOCCN(C)C)CCC12C.O=C(O)C(=O)O. The minimum absolute atomic E-state index is 0.0923. The summed E-state index contributed by atoms with van der Waals surface area (Å²) in [7, 11) is 4.09. The molecule has 0 heterocycles. The first kappa shape index (κ1) is 23.8. The lowest BCUT2D eigenvalue weighted by molar-refractivity contribution is -0.159. The van der Waals surface area contributed by atoms with Gasteiger partial charge in [0.05, 0.1) is 31.5 Å². The highest BCUT2D eigenvalue weighted by Crippen LogP contribution is 2.58. The molecule has 2 saturated carbocycles. The Morgan fingerprint density at radius 3 is 2.26 bits per heavy atom. The summed E-state index contributed by atoms with van der Waals surface area (Å²) in [4.78, 5) is 20.3. The number of carboxylic acids is 2. The van der Waals surface area contributed by atoms with E-state index in [4.69, 9.17) is 29.3 Å². The average Bonchev–Trinajstić information content (AvgIpc) is 2.82. The molecule has 2 rings (SSSR count). The fourth-order valence-corrected chi connectivity index (χ4v) is 4.04. The van der Waals surface area contributed by atoms with Crippen LogP contribution in [-0.4, -0.2) is 84.3 Å². The van der Waals surface area contributed by atoms with Crippen LogP contribution in [0.2, 0.25) is 0 Å². The van der Waals surface area contributed by atoms with Crippen LogP contribution in [0.5, 0.6) is 0 Å². The highest BCUT2D eigenvalue weighted by molar-refractivity contribution is 6.27. The molecule has 8 heteroatoms. The Kier molecular flexibility index (Phi) is 9.14. The van der Waals surface area contributed by atoms with Gasteiger partial charge in [0.1, 0.15) is 0 Å². The number of likely N-dealkylation sites (N-methyl/N-ethyl adjacent to an activating group) is 1. The van der Waals surface area contributed by atoms with Crippen LogP contribution in [0.1, 0.15) is 46.0 Å². The van der Waals surface area contributed by atoms with E-state index in [0.29, 0.717) is 19.1 Å². The van der Waals surface area contributed by atoms with Crippen LogP contribution in [0.3, 0.4) is 0 Å². The Bertz CT molecular complexity index is 486. The lowest BCUT2D eigenvalue weighted by Gasteiger charge is -2.48. The van der Waals surface area contributed by atoms with Crippen molar-refractivity contribution < 1.29 is 34.4 Å². The fraction of sp³-hybridized carbons (Fsp3) is 0.895. The third kappa shape index (κ3) is 6.71. The standard InChI is InChI=1S/C17H33NO3.C2H2O4/c1-14-5-8-17(19)13-15(6-7-16(14,17)2)21-12-11-20-10-9-18(3)4;3-1(4)2(5)6/h14-15,19H,5-13H2,1-4H3;(H,3,4)(H,5,6). The van der Waals surface area contributed by atoms with Crippen molar-refractivity contribution in [1.29, 1.82) is 0 Å². The molecule has 4 unspecified atom stereocenters. The van der Waals surface area contributed by atoms with Gasteiger partial charge in [0.2, 0.25) is 0 Å². The zero-order chi connectivity index (χ0) is 20.7. The Balaban J connectivity index is 0.000000527. The first-order valence-corrected chi connectivity index (χ1v) is 9.54. The molecule has 3 N–H and O–H groups in total. The smallest absolute Gasteiger partial charge is 0.414 e. The summed E-state index contributed by atoms with van der Waals surface area (Å²) in [5, 5.41) is 25.8. The van der Waals surface area contributed by atoms with Crippen molar-refractivity contribution >= 4 is 11.9 Å². The molecule has 0 aromatic carbocycles. The van der Waals surface area contributed by atoms with Gasteiger partial charge in [0.25, 0.3) is 0 Å². The van der Waals surface area contributed by atoms with E-state index in [-0.39, 0.29) is 11.5 Å². The number of nitrogens with zero attached hydrogens (tertiary/aromatic N) is 1. The Morgan fingerprint density at radius 1 is 1.07 bits per heavy atom. The van der Waals surface area contributed by atoms with Crippen LogP contribution in [-0.2, 0) is 19.1 Å². The lowest BCUT2D eigenvalue weighted by atomic mass is 9.62. The van der Waals surface area contributed by atoms with Crippen molar-refractivity contribution in [2.75, 3.05) is 40.5 Å². The van der Waals surface area contributed by atoms with Crippen molar-refractivity contribution in [3.63, 3.8) is 0 Å². The minimum Gasteiger partial charge on any atom is -0.473 e. The monoisotopic (exact) mass is 389 g/mol. The number of carbonyl (C=O) groups is 2. The van der Waals surface area contributed by atoms with E-state index in [9.17, 15) is 5.11 Å². The molecule has 2 aliphatic rings. The van der Waals surface area contributed by atoms with Crippen molar-refractivity contribution in [3.05, 3.63) is 0 Å². The summed E-state index contributed by atoms with van der Waals surface area (Å²) in [6.45, 7) is 7.54. The summed E-state index contributed by atoms with van der Waals surface area (Å²) < 4.78 is 11.5. The molecule has 8 nitrogen and oxygen atoms in total. The highest BCUT2D eigenvalue weighted by Gasteiger charge is 2.57. The summed E-state index contributed by atoms with van der Waals surface area (Å²) in [5.74, 6) is -3.03. The molecule has 0 aromatic rings. The highest BCUT2D eigenvalue weighted by atomic mass is 16.5. The van der Waals surface area contributed by atoms with Gasteiger partial charge in [-0.25, -0.2) is 9.59 Å². The van der Waals surface area contributed by atoms with E-state index in [1.165, 1.54) is 0 Å². The summed E-state index contributed by atoms with van der Waals surface area (Å²) in [6, 6.07) is 0. The van der Waals surface area contributed by atoms with E-state index in [2.05, 4.69) is 18.7 Å². The molecule has 0 aliphatic heterocycles. The second kappa shape index (κ2) is 10.4. The summed E-state index contributed by atoms with van der Waals surface area (Å²) in [5.41, 5.74) is -0.420. The van der Waals surface area contributed by atoms with Crippen LogP contribution in [0.25, 0.3) is 0 Å². The predicted octanol–water partition coefficient (Wildman–Crippen LogP) is 1.46. The van der Waals surface area contributed by atoms with Crippen molar-refractivity contribution in [2.24, 2.45) is 11.3 Å². The van der Waals surface area contributed by atoms with Crippen molar-refractivity contribution in [3.8, 4) is 0 Å². The van der Waals surface area contributed by atoms with E-state index < -0.39 is 17.5 Å². The zero-order valence-corrected chi connectivity index (χ0v) is 16.9. The second-order valence-corrected chi connectivity index (χ2v) is 8.15. The van der Waals surface area contributed by atoms with Crippen LogP contribution in [0.15, 0.2) is 0 Å². The van der Waals surface area contributed by atoms with Crippen LogP contribution < -0.4 is 0 Å². The van der Waals surface area contributed by atoms with Gasteiger partial charge in [-0.05, 0) is 51.1 Å². The van der Waals surface area contributed by atoms with E-state index in [1.807, 2.05) is 14.1 Å². The normalized spacial score (nSPS) is 32.5. The van der Waals surface area contributed by atoms with E-state index in [1.54, 1.807) is 0 Å². The third-order valence-corrected chi connectivity index (χ3v) is 6.14. The molecule has 0 radical (unpaired) electrons. The summed E-state index contributed by atoms with van der Waals surface area (Å²) in [6.07, 6.45) is 5.23.